The number of anilines is 1. The van der Waals surface area contributed by atoms with E-state index >= 15 is 0 Å². The van der Waals surface area contributed by atoms with Crippen molar-refractivity contribution in [2.75, 3.05) is 18.9 Å². The summed E-state index contributed by atoms with van der Waals surface area (Å²) < 4.78 is 10.8. The van der Waals surface area contributed by atoms with E-state index in [0.717, 1.165) is 35.8 Å². The number of ether oxygens (including phenoxy) is 2. The second-order valence-electron chi connectivity index (χ2n) is 2.99. The first-order chi connectivity index (χ1) is 6.33. The van der Waals surface area contributed by atoms with E-state index in [4.69, 9.17) is 15.2 Å². The van der Waals surface area contributed by atoms with Crippen molar-refractivity contribution in [1.29, 1.82) is 0 Å². The number of hydrogen-bond donors (Lipinski definition) is 1. The van der Waals surface area contributed by atoms with Crippen LogP contribution in [0.25, 0.3) is 0 Å². The van der Waals surface area contributed by atoms with Crippen molar-refractivity contribution in [1.82, 2.24) is 0 Å². The van der Waals surface area contributed by atoms with E-state index in [1.54, 1.807) is 0 Å². The summed E-state index contributed by atoms with van der Waals surface area (Å²) in [5.74, 6) is 1.67. The molecule has 0 fully saturated rings. The lowest BCUT2D eigenvalue weighted by atomic mass is 10.1. The normalized spacial score (nSPS) is 13.6. The first-order valence-electron chi connectivity index (χ1n) is 4.50. The van der Waals surface area contributed by atoms with Gasteiger partial charge in [0.05, 0.1) is 18.9 Å². The molecule has 2 rings (SSSR count). The van der Waals surface area contributed by atoms with Crippen LogP contribution in [0.1, 0.15) is 12.5 Å². The zero-order chi connectivity index (χ0) is 9.26. The van der Waals surface area contributed by atoms with E-state index in [1.165, 1.54) is 0 Å². The minimum absolute atomic E-state index is 0.643. The van der Waals surface area contributed by atoms with E-state index in [2.05, 4.69) is 0 Å². The molecule has 0 atom stereocenters. The maximum absolute atomic E-state index is 5.92. The Hall–Kier alpha value is -1.38. The van der Waals surface area contributed by atoms with Gasteiger partial charge in [-0.15, -0.1) is 0 Å². The molecule has 0 spiro atoms. The van der Waals surface area contributed by atoms with Crippen LogP contribution in [0.2, 0.25) is 0 Å². The van der Waals surface area contributed by atoms with E-state index in [0.29, 0.717) is 6.61 Å². The number of benzene rings is 1. The maximum atomic E-state index is 5.92. The summed E-state index contributed by atoms with van der Waals surface area (Å²) in [6.45, 7) is 3.32. The second kappa shape index (κ2) is 3.17. The maximum Gasteiger partial charge on any atom is 0.142 e. The molecule has 0 unspecified atom stereocenters. The van der Waals surface area contributed by atoms with Crippen LogP contribution in [0.4, 0.5) is 5.69 Å². The Kier molecular flexibility index (Phi) is 2.00. The molecule has 0 saturated carbocycles. The number of nitrogen functional groups attached to an aromatic ring is 1. The number of hydrogen-bond acceptors (Lipinski definition) is 3. The molecule has 0 amide bonds. The Morgan fingerprint density at radius 1 is 1.54 bits per heavy atom. The molecule has 0 aliphatic carbocycles. The molecule has 1 aliphatic rings. The van der Waals surface area contributed by atoms with Gasteiger partial charge in [-0.2, -0.15) is 0 Å². The minimum atomic E-state index is 0.643. The van der Waals surface area contributed by atoms with Gasteiger partial charge in [0.25, 0.3) is 0 Å². The van der Waals surface area contributed by atoms with Crippen molar-refractivity contribution < 1.29 is 9.47 Å². The van der Waals surface area contributed by atoms with Crippen LogP contribution in [0.5, 0.6) is 11.5 Å². The van der Waals surface area contributed by atoms with E-state index in [1.807, 2.05) is 19.1 Å². The number of fused-ring (bicyclic) bond motifs is 1. The average Bonchev–Trinajstić information content (AvgIpc) is 2.58. The summed E-state index contributed by atoms with van der Waals surface area (Å²) in [6.07, 6.45) is 0.891. The van der Waals surface area contributed by atoms with E-state index in [-0.39, 0.29) is 0 Å². The number of rotatable bonds is 2. The van der Waals surface area contributed by atoms with Crippen molar-refractivity contribution in [3.63, 3.8) is 0 Å². The van der Waals surface area contributed by atoms with Crippen LogP contribution >= 0.6 is 0 Å². The molecule has 1 aliphatic heterocycles. The third-order valence-corrected chi connectivity index (χ3v) is 2.18. The SMILES string of the molecule is CCOc1ccc2c(c1N)CCO2. The van der Waals surface area contributed by atoms with Gasteiger partial charge in [0.15, 0.2) is 0 Å². The van der Waals surface area contributed by atoms with Gasteiger partial charge in [0, 0.05) is 12.0 Å². The Labute approximate surface area is 77.5 Å². The zero-order valence-corrected chi connectivity index (χ0v) is 7.67. The molecule has 0 bridgehead atoms. The summed E-state index contributed by atoms with van der Waals surface area (Å²) in [5, 5.41) is 0. The fraction of sp³-hybridized carbons (Fsp3) is 0.400. The third-order valence-electron chi connectivity index (χ3n) is 2.18. The highest BCUT2D eigenvalue weighted by Crippen LogP contribution is 2.36. The van der Waals surface area contributed by atoms with Gasteiger partial charge in [0.2, 0.25) is 0 Å². The van der Waals surface area contributed by atoms with E-state index in [9.17, 15) is 0 Å². The van der Waals surface area contributed by atoms with Gasteiger partial charge in [-0.3, -0.25) is 0 Å². The summed E-state index contributed by atoms with van der Waals surface area (Å²) in [6, 6.07) is 3.78. The summed E-state index contributed by atoms with van der Waals surface area (Å²) >= 11 is 0. The van der Waals surface area contributed by atoms with Crippen molar-refractivity contribution in [3.05, 3.63) is 17.7 Å². The second-order valence-corrected chi connectivity index (χ2v) is 2.99. The van der Waals surface area contributed by atoms with Gasteiger partial charge in [-0.05, 0) is 19.1 Å². The molecule has 13 heavy (non-hydrogen) atoms. The predicted octanol–water partition coefficient (Wildman–Crippen LogP) is 1.60. The fourth-order valence-electron chi connectivity index (χ4n) is 1.56. The van der Waals surface area contributed by atoms with Crippen LogP contribution in [-0.2, 0) is 6.42 Å². The molecular formula is C10H13NO2. The van der Waals surface area contributed by atoms with Crippen LogP contribution in [0.15, 0.2) is 12.1 Å². The minimum Gasteiger partial charge on any atom is -0.493 e. The van der Waals surface area contributed by atoms with Gasteiger partial charge in [-0.1, -0.05) is 0 Å². The fourth-order valence-corrected chi connectivity index (χ4v) is 1.56. The van der Waals surface area contributed by atoms with Gasteiger partial charge >= 0.3 is 0 Å². The third kappa shape index (κ3) is 1.30. The van der Waals surface area contributed by atoms with E-state index < -0.39 is 0 Å². The molecule has 3 heteroatoms. The summed E-state index contributed by atoms with van der Waals surface area (Å²) in [4.78, 5) is 0. The Bertz CT molecular complexity index is 323. The van der Waals surface area contributed by atoms with Crippen LogP contribution in [0.3, 0.4) is 0 Å². The average molecular weight is 179 g/mol. The van der Waals surface area contributed by atoms with Crippen molar-refractivity contribution in [2.24, 2.45) is 0 Å². The van der Waals surface area contributed by atoms with Crippen LogP contribution < -0.4 is 15.2 Å². The van der Waals surface area contributed by atoms with Crippen LogP contribution in [-0.4, -0.2) is 13.2 Å². The molecule has 2 N–H and O–H groups in total. The smallest absolute Gasteiger partial charge is 0.142 e. The Morgan fingerprint density at radius 3 is 3.15 bits per heavy atom. The zero-order valence-electron chi connectivity index (χ0n) is 7.67. The van der Waals surface area contributed by atoms with Gasteiger partial charge in [-0.25, -0.2) is 0 Å². The first kappa shape index (κ1) is 8.23. The molecule has 0 radical (unpaired) electrons. The molecule has 1 aromatic rings. The molecule has 0 aromatic heterocycles. The highest BCUT2D eigenvalue weighted by molar-refractivity contribution is 5.64. The molecule has 3 nitrogen and oxygen atoms in total. The Morgan fingerprint density at radius 2 is 2.38 bits per heavy atom. The standard InChI is InChI=1S/C10H13NO2/c1-2-12-9-4-3-8-7(10(9)11)5-6-13-8/h3-4H,2,5-6,11H2,1H3. The van der Waals surface area contributed by atoms with Gasteiger partial charge < -0.3 is 15.2 Å². The lowest BCUT2D eigenvalue weighted by molar-refractivity contribution is 0.340. The molecular weight excluding hydrogens is 166 g/mol. The van der Waals surface area contributed by atoms with Crippen molar-refractivity contribution in [3.8, 4) is 11.5 Å². The Balaban J connectivity index is 2.40. The molecule has 70 valence electrons. The quantitative estimate of drug-likeness (QED) is 0.701. The highest BCUT2D eigenvalue weighted by Gasteiger charge is 2.17. The van der Waals surface area contributed by atoms with Crippen molar-refractivity contribution >= 4 is 5.69 Å². The molecule has 1 aromatic carbocycles. The topological polar surface area (TPSA) is 44.5 Å². The largest absolute Gasteiger partial charge is 0.493 e. The lowest BCUT2D eigenvalue weighted by Crippen LogP contribution is -1.99. The highest BCUT2D eigenvalue weighted by atomic mass is 16.5. The molecule has 1 heterocycles. The number of nitrogens with two attached hydrogens (primary N) is 1. The lowest BCUT2D eigenvalue weighted by Gasteiger charge is -2.09. The van der Waals surface area contributed by atoms with Gasteiger partial charge in [0.1, 0.15) is 11.5 Å². The van der Waals surface area contributed by atoms with Crippen LogP contribution in [0, 0.1) is 0 Å². The monoisotopic (exact) mass is 179 g/mol. The predicted molar refractivity (Wildman–Crippen MR) is 51.2 cm³/mol. The first-order valence-corrected chi connectivity index (χ1v) is 4.50. The summed E-state index contributed by atoms with van der Waals surface area (Å²) in [7, 11) is 0. The molecule has 0 saturated heterocycles. The van der Waals surface area contributed by atoms with Crippen molar-refractivity contribution in [2.45, 2.75) is 13.3 Å². The summed E-state index contributed by atoms with van der Waals surface area (Å²) in [5.41, 5.74) is 7.74.